The van der Waals surface area contributed by atoms with E-state index >= 15 is 0 Å². The van der Waals surface area contributed by atoms with Crippen LogP contribution in [0, 0.1) is 0 Å². The predicted molar refractivity (Wildman–Crippen MR) is 161 cm³/mol. The topological polar surface area (TPSA) is 125 Å². The van der Waals surface area contributed by atoms with Crippen LogP contribution in [0.5, 0.6) is 11.5 Å². The Hall–Kier alpha value is -4.26. The van der Waals surface area contributed by atoms with Gasteiger partial charge in [-0.1, -0.05) is 56.9 Å². The molecule has 0 saturated carbocycles. The van der Waals surface area contributed by atoms with Crippen LogP contribution in [0.1, 0.15) is 78.9 Å². The maximum absolute atomic E-state index is 12.2. The van der Waals surface area contributed by atoms with Gasteiger partial charge in [0.15, 0.2) is 0 Å². The lowest BCUT2D eigenvalue weighted by atomic mass is 9.98. The second kappa shape index (κ2) is 16.0. The van der Waals surface area contributed by atoms with E-state index in [0.29, 0.717) is 35.7 Å². The number of aryl methyl sites for hydroxylation is 1. The summed E-state index contributed by atoms with van der Waals surface area (Å²) in [6, 6.07) is 18.3. The molecular formula is C33H40N2O5. The number of hydrogen-bond acceptors (Lipinski definition) is 6. The number of hydrogen-bond donors (Lipinski definition) is 3. The van der Waals surface area contributed by atoms with E-state index in [1.165, 1.54) is 17.7 Å². The van der Waals surface area contributed by atoms with Crippen LogP contribution in [-0.2, 0) is 17.6 Å². The van der Waals surface area contributed by atoms with Gasteiger partial charge in [0.25, 0.3) is 0 Å². The molecule has 0 amide bonds. The fraction of sp³-hybridized carbons (Fsp3) is 0.333. The van der Waals surface area contributed by atoms with Crippen LogP contribution in [0.25, 0.3) is 6.08 Å². The number of aromatic carboxylic acids is 1. The smallest absolute Gasteiger partial charge is 0.336 e. The third-order valence-electron chi connectivity index (χ3n) is 6.63. The summed E-state index contributed by atoms with van der Waals surface area (Å²) in [5.74, 6) is -0.0990. The van der Waals surface area contributed by atoms with Crippen molar-refractivity contribution in [2.24, 2.45) is 0 Å². The first-order valence-corrected chi connectivity index (χ1v) is 14.0. The number of carboxylic acids is 1. The van der Waals surface area contributed by atoms with Crippen LogP contribution in [0.3, 0.4) is 0 Å². The van der Waals surface area contributed by atoms with Gasteiger partial charge in [0.05, 0.1) is 12.2 Å². The zero-order chi connectivity index (χ0) is 28.7. The summed E-state index contributed by atoms with van der Waals surface area (Å²) in [6.07, 6.45) is 11.9. The summed E-state index contributed by atoms with van der Waals surface area (Å²) >= 11 is 0. The lowest BCUT2D eigenvalue weighted by Crippen LogP contribution is -2.07. The summed E-state index contributed by atoms with van der Waals surface area (Å²) in [6.45, 7) is 2.78. The zero-order valence-corrected chi connectivity index (χ0v) is 23.2. The molecule has 0 fully saturated rings. The molecular weight excluding hydrogens is 504 g/mol. The Kier molecular flexibility index (Phi) is 12.1. The Bertz CT molecular complexity index is 1270. The van der Waals surface area contributed by atoms with Gasteiger partial charge in [-0.05, 0) is 91.3 Å². The van der Waals surface area contributed by atoms with Crippen molar-refractivity contribution in [3.05, 3.63) is 89.0 Å². The van der Waals surface area contributed by atoms with Crippen LogP contribution in [-0.4, -0.2) is 23.7 Å². The molecule has 3 aromatic rings. The summed E-state index contributed by atoms with van der Waals surface area (Å²) in [4.78, 5) is 23.6. The number of carbonyl (C=O) groups is 2. The van der Waals surface area contributed by atoms with Gasteiger partial charge < -0.3 is 26.0 Å². The number of unbranched alkanes of at least 4 members (excludes halogenated alkanes) is 5. The summed E-state index contributed by atoms with van der Waals surface area (Å²) in [7, 11) is 0. The van der Waals surface area contributed by atoms with Crippen LogP contribution in [0.4, 0.5) is 11.4 Å². The van der Waals surface area contributed by atoms with E-state index in [1.807, 2.05) is 48.5 Å². The van der Waals surface area contributed by atoms with Gasteiger partial charge in [-0.15, -0.1) is 0 Å². The average molecular weight is 545 g/mol. The fourth-order valence-corrected chi connectivity index (χ4v) is 4.41. The van der Waals surface area contributed by atoms with Crippen molar-refractivity contribution in [2.45, 2.75) is 64.7 Å². The molecule has 0 atom stereocenters. The lowest BCUT2D eigenvalue weighted by molar-refractivity contribution is -0.128. The highest BCUT2D eigenvalue weighted by molar-refractivity contribution is 5.92. The SMILES string of the molecule is CCCCc1ccc(OC(=O)/C=C/c2ccc(OCCCCCCCc3c(N)cc(N)cc3C(=O)O)cc2)cc1. The van der Waals surface area contributed by atoms with E-state index in [0.717, 1.165) is 62.7 Å². The molecule has 212 valence electrons. The molecule has 0 unspecified atom stereocenters. The Balaban J connectivity index is 1.31. The van der Waals surface area contributed by atoms with Gasteiger partial charge in [-0.3, -0.25) is 0 Å². The first-order valence-electron chi connectivity index (χ1n) is 14.0. The van der Waals surface area contributed by atoms with Gasteiger partial charge in [0, 0.05) is 17.5 Å². The van der Waals surface area contributed by atoms with Crippen LogP contribution in [0.15, 0.2) is 66.7 Å². The maximum atomic E-state index is 12.2. The molecule has 5 N–H and O–H groups in total. The number of carboxylic acid groups (broad SMARTS) is 1. The van der Waals surface area contributed by atoms with E-state index in [9.17, 15) is 14.7 Å². The molecule has 0 bridgehead atoms. The molecule has 0 saturated heterocycles. The minimum absolute atomic E-state index is 0.190. The van der Waals surface area contributed by atoms with Gasteiger partial charge in [0.1, 0.15) is 11.5 Å². The Labute approximate surface area is 236 Å². The largest absolute Gasteiger partial charge is 0.494 e. The number of nitrogen functional groups attached to an aromatic ring is 2. The highest BCUT2D eigenvalue weighted by Crippen LogP contribution is 2.24. The van der Waals surface area contributed by atoms with E-state index in [2.05, 4.69) is 6.92 Å². The van der Waals surface area contributed by atoms with Crippen molar-refractivity contribution in [3.63, 3.8) is 0 Å². The molecule has 3 aromatic carbocycles. The van der Waals surface area contributed by atoms with Crippen LogP contribution >= 0.6 is 0 Å². The molecule has 0 aliphatic carbocycles. The third-order valence-corrected chi connectivity index (χ3v) is 6.63. The first kappa shape index (κ1) is 30.3. The summed E-state index contributed by atoms with van der Waals surface area (Å²) in [5, 5.41) is 9.40. The molecule has 3 rings (SSSR count). The number of benzene rings is 3. The average Bonchev–Trinajstić information content (AvgIpc) is 2.94. The minimum Gasteiger partial charge on any atom is -0.494 e. The Morgan fingerprint density at radius 2 is 1.50 bits per heavy atom. The fourth-order valence-electron chi connectivity index (χ4n) is 4.41. The standard InChI is InChI=1S/C33H40N2O5/c1-2-3-9-24-13-18-28(19-14-24)40-32(36)20-15-25-11-16-27(17-12-25)39-21-8-6-4-5-7-10-29-30(33(37)38)22-26(34)23-31(29)35/h11-20,22-23H,2-10,21,34-35H2,1H3,(H,37,38)/b20-15+. The normalized spacial score (nSPS) is 11.0. The van der Waals surface area contributed by atoms with E-state index in [-0.39, 0.29) is 5.56 Å². The summed E-state index contributed by atoms with van der Waals surface area (Å²) < 4.78 is 11.2. The van der Waals surface area contributed by atoms with E-state index in [1.54, 1.807) is 12.1 Å². The van der Waals surface area contributed by atoms with Gasteiger partial charge in [0.2, 0.25) is 0 Å². The maximum Gasteiger partial charge on any atom is 0.336 e. The van der Waals surface area contributed by atoms with Gasteiger partial charge in [-0.25, -0.2) is 9.59 Å². The molecule has 0 radical (unpaired) electrons. The highest BCUT2D eigenvalue weighted by atomic mass is 16.5. The first-order chi connectivity index (χ1) is 19.4. The van der Waals surface area contributed by atoms with Crippen molar-refractivity contribution in [3.8, 4) is 11.5 Å². The highest BCUT2D eigenvalue weighted by Gasteiger charge is 2.14. The third kappa shape index (κ3) is 10.1. The molecule has 7 nitrogen and oxygen atoms in total. The van der Waals surface area contributed by atoms with Crippen molar-refractivity contribution < 1.29 is 24.2 Å². The minimum atomic E-state index is -1.00. The second-order valence-electron chi connectivity index (χ2n) is 9.88. The molecule has 0 aliphatic rings. The number of rotatable bonds is 16. The van der Waals surface area contributed by atoms with Gasteiger partial charge in [-0.2, -0.15) is 0 Å². The summed E-state index contributed by atoms with van der Waals surface area (Å²) in [5.41, 5.74) is 15.5. The van der Waals surface area contributed by atoms with E-state index < -0.39 is 11.9 Å². The molecule has 0 spiro atoms. The quantitative estimate of drug-likeness (QED) is 0.0578. The number of ether oxygens (including phenoxy) is 2. The molecule has 7 heteroatoms. The van der Waals surface area contributed by atoms with Crippen molar-refractivity contribution in [1.82, 2.24) is 0 Å². The molecule has 0 aliphatic heterocycles. The monoisotopic (exact) mass is 544 g/mol. The second-order valence-corrected chi connectivity index (χ2v) is 9.88. The number of carbonyl (C=O) groups excluding carboxylic acids is 1. The van der Waals surface area contributed by atoms with Gasteiger partial charge >= 0.3 is 11.9 Å². The Morgan fingerprint density at radius 3 is 2.20 bits per heavy atom. The van der Waals surface area contributed by atoms with Crippen molar-refractivity contribution in [1.29, 1.82) is 0 Å². The van der Waals surface area contributed by atoms with Crippen LogP contribution < -0.4 is 20.9 Å². The molecule has 0 heterocycles. The molecule has 0 aromatic heterocycles. The number of anilines is 2. The zero-order valence-electron chi connectivity index (χ0n) is 23.2. The van der Waals surface area contributed by atoms with Crippen molar-refractivity contribution in [2.75, 3.05) is 18.1 Å². The van der Waals surface area contributed by atoms with Crippen molar-refractivity contribution >= 4 is 29.4 Å². The van der Waals surface area contributed by atoms with Crippen LogP contribution in [0.2, 0.25) is 0 Å². The molecule has 40 heavy (non-hydrogen) atoms. The number of esters is 1. The lowest BCUT2D eigenvalue weighted by Gasteiger charge is -2.11. The Morgan fingerprint density at radius 1 is 0.825 bits per heavy atom. The van der Waals surface area contributed by atoms with E-state index in [4.69, 9.17) is 20.9 Å². The number of nitrogens with two attached hydrogens (primary N) is 2. The predicted octanol–water partition coefficient (Wildman–Crippen LogP) is 7.08.